The van der Waals surface area contributed by atoms with Crippen molar-refractivity contribution in [3.63, 3.8) is 0 Å². The summed E-state index contributed by atoms with van der Waals surface area (Å²) in [6.07, 6.45) is 6.67. The third-order valence-electron chi connectivity index (χ3n) is 5.72. The predicted octanol–water partition coefficient (Wildman–Crippen LogP) is 4.46. The van der Waals surface area contributed by atoms with E-state index in [4.69, 9.17) is 15.0 Å². The molecule has 0 amide bonds. The summed E-state index contributed by atoms with van der Waals surface area (Å²) in [7, 11) is -0.982. The Labute approximate surface area is 188 Å². The molecule has 3 aromatic rings. The van der Waals surface area contributed by atoms with Crippen LogP contribution in [0.25, 0.3) is 0 Å². The van der Waals surface area contributed by atoms with Crippen molar-refractivity contribution in [3.05, 3.63) is 35.7 Å². The minimum Gasteiger partial charge on any atom is -0.331 e. The van der Waals surface area contributed by atoms with Crippen molar-refractivity contribution in [2.24, 2.45) is 0 Å². The Balaban J connectivity index is 2.31. The van der Waals surface area contributed by atoms with Gasteiger partial charge in [0.25, 0.3) is 0 Å². The summed E-state index contributed by atoms with van der Waals surface area (Å²) in [5.74, 6) is 1.16. The van der Waals surface area contributed by atoms with Gasteiger partial charge in [-0.2, -0.15) is 0 Å². The Morgan fingerprint density at radius 2 is 0.839 bits per heavy atom. The summed E-state index contributed by atoms with van der Waals surface area (Å²) < 4.78 is 6.94. The van der Waals surface area contributed by atoms with Crippen molar-refractivity contribution in [1.29, 1.82) is 0 Å². The largest absolute Gasteiger partial charge is 0.331 e. The van der Waals surface area contributed by atoms with Gasteiger partial charge in [0, 0.05) is 38.2 Å². The molecule has 0 aliphatic rings. The highest BCUT2D eigenvalue weighted by atomic mass is 31.1. The molecule has 3 heterocycles. The monoisotopic (exact) mass is 442 g/mol. The number of rotatable bonds is 9. The highest BCUT2D eigenvalue weighted by molar-refractivity contribution is 7.78. The summed E-state index contributed by atoms with van der Waals surface area (Å²) in [5.41, 5.74) is 6.73. The van der Waals surface area contributed by atoms with Gasteiger partial charge in [-0.25, -0.2) is 15.0 Å². The van der Waals surface area contributed by atoms with Crippen LogP contribution in [-0.4, -0.2) is 28.7 Å². The van der Waals surface area contributed by atoms with E-state index >= 15 is 0 Å². The van der Waals surface area contributed by atoms with Crippen molar-refractivity contribution in [2.75, 3.05) is 0 Å². The maximum absolute atomic E-state index is 5.18. The van der Waals surface area contributed by atoms with Crippen LogP contribution < -0.4 is 16.7 Å². The zero-order valence-electron chi connectivity index (χ0n) is 20.7. The molecule has 0 bridgehead atoms. The van der Waals surface area contributed by atoms with Crippen molar-refractivity contribution in [3.8, 4) is 0 Å². The molecule has 3 rings (SSSR count). The molecule has 0 N–H and O–H groups in total. The van der Waals surface area contributed by atoms with E-state index in [0.29, 0.717) is 17.8 Å². The summed E-state index contributed by atoms with van der Waals surface area (Å²) in [5, 5.41) is 0. The Bertz CT molecular complexity index is 879. The van der Waals surface area contributed by atoms with E-state index in [2.05, 4.69) is 94.6 Å². The van der Waals surface area contributed by atoms with E-state index in [9.17, 15) is 0 Å². The SMILES string of the molecule is CCn1cc(C(C)C)nc1P(c1nc(C(C)C)cn1CC)c1nc(C(C)C)cn1CC. The number of hydrogen-bond acceptors (Lipinski definition) is 3. The van der Waals surface area contributed by atoms with Gasteiger partial charge >= 0.3 is 0 Å². The first-order chi connectivity index (χ1) is 14.7. The zero-order chi connectivity index (χ0) is 22.9. The molecule has 0 aliphatic carbocycles. The van der Waals surface area contributed by atoms with Crippen LogP contribution in [0.2, 0.25) is 0 Å². The standard InChI is InChI=1S/C24H39N6P/c1-10-28-13-19(16(4)5)25-22(28)31(23-26-20(17(6)7)14-29(23)11-2)24-27-21(18(8)9)15-30(24)12-3/h13-18H,10-12H2,1-9H3. The Kier molecular flexibility index (Phi) is 7.41. The maximum atomic E-state index is 5.18. The average Bonchev–Trinajstić information content (AvgIpc) is 3.45. The second kappa shape index (κ2) is 9.68. The number of aryl methyl sites for hydroxylation is 3. The van der Waals surface area contributed by atoms with E-state index in [1.54, 1.807) is 0 Å². The molecule has 3 aromatic heterocycles. The van der Waals surface area contributed by atoms with Crippen molar-refractivity contribution >= 4 is 24.6 Å². The lowest BCUT2D eigenvalue weighted by atomic mass is 10.2. The number of imidazole rings is 3. The van der Waals surface area contributed by atoms with Crippen LogP contribution in [0.15, 0.2) is 18.6 Å². The van der Waals surface area contributed by atoms with Crippen molar-refractivity contribution in [2.45, 2.75) is 99.7 Å². The van der Waals surface area contributed by atoms with Crippen LogP contribution in [0, 0.1) is 0 Å². The van der Waals surface area contributed by atoms with Crippen LogP contribution in [0.5, 0.6) is 0 Å². The molecule has 0 aliphatic heterocycles. The van der Waals surface area contributed by atoms with Crippen LogP contribution in [0.4, 0.5) is 0 Å². The van der Waals surface area contributed by atoms with Crippen molar-refractivity contribution < 1.29 is 0 Å². The fraction of sp³-hybridized carbons (Fsp3) is 0.625. The minimum atomic E-state index is -0.982. The summed E-state index contributed by atoms with van der Waals surface area (Å²) in [6.45, 7) is 22.5. The molecule has 7 heteroatoms. The van der Waals surface area contributed by atoms with Gasteiger partial charge in [-0.1, -0.05) is 41.5 Å². The third-order valence-corrected chi connectivity index (χ3v) is 7.99. The predicted molar refractivity (Wildman–Crippen MR) is 132 cm³/mol. The van der Waals surface area contributed by atoms with Crippen LogP contribution in [0.3, 0.4) is 0 Å². The Hall–Kier alpha value is -1.94. The molecular weight excluding hydrogens is 403 g/mol. The lowest BCUT2D eigenvalue weighted by Crippen LogP contribution is -2.36. The van der Waals surface area contributed by atoms with E-state index in [1.165, 1.54) is 0 Å². The molecule has 6 nitrogen and oxygen atoms in total. The lowest BCUT2D eigenvalue weighted by Gasteiger charge is -2.19. The van der Waals surface area contributed by atoms with Gasteiger partial charge in [0.2, 0.25) is 0 Å². The number of nitrogens with zero attached hydrogens (tertiary/aromatic N) is 6. The summed E-state index contributed by atoms with van der Waals surface area (Å²) >= 11 is 0. The lowest BCUT2D eigenvalue weighted by molar-refractivity contribution is 0.766. The van der Waals surface area contributed by atoms with Crippen LogP contribution in [-0.2, 0) is 19.6 Å². The van der Waals surface area contributed by atoms with Crippen LogP contribution >= 0.6 is 7.92 Å². The molecule has 170 valence electrons. The van der Waals surface area contributed by atoms with Gasteiger partial charge < -0.3 is 13.7 Å². The van der Waals surface area contributed by atoms with Gasteiger partial charge in [-0.05, 0) is 38.5 Å². The summed E-state index contributed by atoms with van der Waals surface area (Å²) in [4.78, 5) is 15.5. The normalized spacial score (nSPS) is 12.3. The first-order valence-electron chi connectivity index (χ1n) is 11.7. The van der Waals surface area contributed by atoms with E-state index < -0.39 is 7.92 Å². The zero-order valence-corrected chi connectivity index (χ0v) is 21.6. The molecule has 0 saturated carbocycles. The third kappa shape index (κ3) is 4.64. The first-order valence-corrected chi connectivity index (χ1v) is 13.1. The molecule has 0 atom stereocenters. The molecule has 31 heavy (non-hydrogen) atoms. The molecular formula is C24H39N6P. The highest BCUT2D eigenvalue weighted by Gasteiger charge is 2.32. The highest BCUT2D eigenvalue weighted by Crippen LogP contribution is 2.34. The van der Waals surface area contributed by atoms with Gasteiger partial charge in [-0.15, -0.1) is 0 Å². The molecule has 0 aromatic carbocycles. The smallest absolute Gasteiger partial charge is 0.147 e. The summed E-state index contributed by atoms with van der Waals surface area (Å²) in [6, 6.07) is 0. The molecule has 0 spiro atoms. The first kappa shape index (κ1) is 23.7. The fourth-order valence-electron chi connectivity index (χ4n) is 3.61. The maximum Gasteiger partial charge on any atom is 0.147 e. The number of aromatic nitrogens is 6. The quantitative estimate of drug-likeness (QED) is 0.460. The van der Waals surface area contributed by atoms with E-state index in [-0.39, 0.29) is 0 Å². The second-order valence-corrected chi connectivity index (χ2v) is 10.9. The second-order valence-electron chi connectivity index (χ2n) is 9.05. The molecule has 0 fully saturated rings. The number of hydrogen-bond donors (Lipinski definition) is 0. The minimum absolute atomic E-state index is 0.387. The average molecular weight is 443 g/mol. The van der Waals surface area contributed by atoms with Gasteiger partial charge in [0.15, 0.2) is 0 Å². The van der Waals surface area contributed by atoms with Gasteiger partial charge in [-0.3, -0.25) is 0 Å². The van der Waals surface area contributed by atoms with E-state index in [1.807, 2.05) is 0 Å². The van der Waals surface area contributed by atoms with Gasteiger partial charge in [0.05, 0.1) is 17.1 Å². The Morgan fingerprint density at radius 3 is 1.03 bits per heavy atom. The van der Waals surface area contributed by atoms with Gasteiger partial charge in [0.1, 0.15) is 24.6 Å². The van der Waals surface area contributed by atoms with E-state index in [0.717, 1.165) is 53.4 Å². The molecule has 0 unspecified atom stereocenters. The fourth-order valence-corrected chi connectivity index (χ4v) is 6.17. The Morgan fingerprint density at radius 1 is 0.581 bits per heavy atom. The molecule has 0 saturated heterocycles. The molecule has 0 radical (unpaired) electrons. The topological polar surface area (TPSA) is 53.5 Å². The van der Waals surface area contributed by atoms with Crippen LogP contribution in [0.1, 0.15) is 97.1 Å². The van der Waals surface area contributed by atoms with Crippen molar-refractivity contribution in [1.82, 2.24) is 28.7 Å².